The molecule has 1 aliphatic heterocycles. The summed E-state index contributed by atoms with van der Waals surface area (Å²) in [6.45, 7) is 7.49. The highest BCUT2D eigenvalue weighted by Crippen LogP contribution is 2.18. The van der Waals surface area contributed by atoms with Crippen LogP contribution < -0.4 is 25.2 Å². The molecule has 0 bridgehead atoms. The van der Waals surface area contributed by atoms with E-state index in [4.69, 9.17) is 4.74 Å². The van der Waals surface area contributed by atoms with Crippen LogP contribution in [0.3, 0.4) is 0 Å². The number of benzene rings is 2. The molecule has 3 rings (SSSR count). The van der Waals surface area contributed by atoms with E-state index in [2.05, 4.69) is 29.7 Å². The van der Waals surface area contributed by atoms with E-state index in [-0.39, 0.29) is 11.8 Å². The van der Waals surface area contributed by atoms with Crippen molar-refractivity contribution >= 4 is 17.5 Å². The van der Waals surface area contributed by atoms with Crippen molar-refractivity contribution in [3.63, 3.8) is 0 Å². The van der Waals surface area contributed by atoms with Crippen molar-refractivity contribution in [3.8, 4) is 5.75 Å². The largest absolute Gasteiger partial charge is 0.496 e. The number of aryl methyl sites for hydroxylation is 1. The Morgan fingerprint density at radius 3 is 2.30 bits per heavy atom. The molecule has 0 aromatic heterocycles. The molecule has 2 amide bonds. The summed E-state index contributed by atoms with van der Waals surface area (Å²) in [6, 6.07) is 13.3. The van der Waals surface area contributed by atoms with Gasteiger partial charge in [-0.1, -0.05) is 11.6 Å². The zero-order valence-corrected chi connectivity index (χ0v) is 18.0. The Labute approximate surface area is 178 Å². The summed E-state index contributed by atoms with van der Waals surface area (Å²) < 4.78 is 5.51. The zero-order chi connectivity index (χ0) is 21.5. The van der Waals surface area contributed by atoms with E-state index in [1.54, 1.807) is 38.4 Å². The van der Waals surface area contributed by atoms with Crippen molar-refractivity contribution in [1.82, 2.24) is 5.32 Å². The molecule has 0 atom stereocenters. The fourth-order valence-corrected chi connectivity index (χ4v) is 3.91. The van der Waals surface area contributed by atoms with Crippen LogP contribution in [0.15, 0.2) is 42.5 Å². The topological polar surface area (TPSA) is 76.3 Å². The Hall–Kier alpha value is -2.90. The van der Waals surface area contributed by atoms with Crippen LogP contribution in [-0.2, 0) is 11.3 Å². The number of anilines is 1. The molecule has 4 N–H and O–H groups in total. The van der Waals surface area contributed by atoms with Gasteiger partial charge >= 0.3 is 0 Å². The highest BCUT2D eigenvalue weighted by Gasteiger charge is 2.25. The van der Waals surface area contributed by atoms with Gasteiger partial charge in [0, 0.05) is 23.9 Å². The predicted octanol–water partition coefficient (Wildman–Crippen LogP) is -0.715. The standard InChI is InChI=1S/C23H30N4O3/c1-17-4-9-21(30-3)19(14-17)15-26-10-12-27(13-11-26)16-22(28)25-20-7-5-18(6-8-20)23(29)24-2/h4-9,14H,10-13,15-16H2,1-3H3,(H,24,29)(H,25,28)/p+2. The molecule has 1 heterocycles. The number of carbonyl (C=O) groups is 2. The van der Waals surface area contributed by atoms with Crippen LogP contribution in [-0.4, -0.2) is 58.7 Å². The quantitative estimate of drug-likeness (QED) is 0.485. The Kier molecular flexibility index (Phi) is 7.43. The van der Waals surface area contributed by atoms with Crippen molar-refractivity contribution in [1.29, 1.82) is 0 Å². The van der Waals surface area contributed by atoms with Crippen molar-refractivity contribution in [2.75, 3.05) is 52.2 Å². The van der Waals surface area contributed by atoms with Gasteiger partial charge in [0.1, 0.15) is 38.5 Å². The maximum Gasteiger partial charge on any atom is 0.279 e. The number of carbonyl (C=O) groups excluding carboxylic acids is 2. The van der Waals surface area contributed by atoms with Gasteiger partial charge in [0.15, 0.2) is 6.54 Å². The van der Waals surface area contributed by atoms with Gasteiger partial charge in [0.05, 0.1) is 7.11 Å². The normalized spacial score (nSPS) is 18.5. The highest BCUT2D eigenvalue weighted by molar-refractivity contribution is 5.95. The lowest BCUT2D eigenvalue weighted by Crippen LogP contribution is -3.28. The van der Waals surface area contributed by atoms with Crippen molar-refractivity contribution in [2.45, 2.75) is 13.5 Å². The first-order valence-corrected chi connectivity index (χ1v) is 10.4. The third kappa shape index (κ3) is 5.81. The van der Waals surface area contributed by atoms with E-state index < -0.39 is 0 Å². The highest BCUT2D eigenvalue weighted by atomic mass is 16.5. The van der Waals surface area contributed by atoms with E-state index in [0.717, 1.165) is 38.5 Å². The minimum atomic E-state index is -0.138. The molecule has 0 unspecified atom stereocenters. The van der Waals surface area contributed by atoms with E-state index in [1.165, 1.54) is 20.9 Å². The van der Waals surface area contributed by atoms with Crippen molar-refractivity contribution < 1.29 is 24.1 Å². The molecule has 7 nitrogen and oxygen atoms in total. The number of hydrogen-bond donors (Lipinski definition) is 4. The Balaban J connectivity index is 1.46. The lowest BCUT2D eigenvalue weighted by atomic mass is 10.1. The summed E-state index contributed by atoms with van der Waals surface area (Å²) in [5.74, 6) is 0.812. The molecule has 0 radical (unpaired) electrons. The first-order chi connectivity index (χ1) is 14.5. The fourth-order valence-electron chi connectivity index (χ4n) is 3.91. The molecular formula is C23H32N4O3+2. The summed E-state index contributed by atoms with van der Waals surface area (Å²) in [5.41, 5.74) is 3.77. The summed E-state index contributed by atoms with van der Waals surface area (Å²) in [6.07, 6.45) is 0. The lowest BCUT2D eigenvalue weighted by Gasteiger charge is -2.29. The van der Waals surface area contributed by atoms with E-state index >= 15 is 0 Å². The SMILES string of the molecule is CNC(=O)c1ccc(NC(=O)C[NH+]2CC[NH+](Cc3cc(C)ccc3OC)CC2)cc1. The van der Waals surface area contributed by atoms with Crippen LogP contribution in [0.5, 0.6) is 5.75 Å². The molecule has 0 spiro atoms. The third-order valence-corrected chi connectivity index (χ3v) is 5.61. The summed E-state index contributed by atoms with van der Waals surface area (Å²) in [7, 11) is 3.32. The van der Waals surface area contributed by atoms with Gasteiger partial charge < -0.3 is 25.2 Å². The number of amides is 2. The summed E-state index contributed by atoms with van der Waals surface area (Å²) in [4.78, 5) is 26.8. The maximum absolute atomic E-state index is 12.4. The Morgan fingerprint density at radius 1 is 1.00 bits per heavy atom. The summed E-state index contributed by atoms with van der Waals surface area (Å²) >= 11 is 0. The second-order valence-electron chi connectivity index (χ2n) is 7.87. The average molecular weight is 413 g/mol. The molecule has 160 valence electrons. The molecule has 1 aliphatic rings. The molecule has 7 heteroatoms. The summed E-state index contributed by atoms with van der Waals surface area (Å²) in [5, 5.41) is 5.52. The first kappa shape index (κ1) is 21.8. The minimum absolute atomic E-state index is 0.00139. The number of rotatable bonds is 7. The average Bonchev–Trinajstić information content (AvgIpc) is 2.75. The number of ether oxygens (including phenoxy) is 1. The molecule has 2 aromatic rings. The zero-order valence-electron chi connectivity index (χ0n) is 18.0. The van der Waals surface area contributed by atoms with Crippen molar-refractivity contribution in [2.24, 2.45) is 0 Å². The van der Waals surface area contributed by atoms with Gasteiger partial charge in [0.25, 0.3) is 11.8 Å². The molecule has 0 saturated carbocycles. The lowest BCUT2D eigenvalue weighted by molar-refractivity contribution is -1.02. The molecule has 30 heavy (non-hydrogen) atoms. The van der Waals surface area contributed by atoms with Gasteiger partial charge in [-0.05, 0) is 43.3 Å². The third-order valence-electron chi connectivity index (χ3n) is 5.61. The number of quaternary nitrogens is 2. The Morgan fingerprint density at radius 2 is 1.67 bits per heavy atom. The number of hydrogen-bond acceptors (Lipinski definition) is 3. The van der Waals surface area contributed by atoms with E-state index in [1.807, 2.05) is 6.07 Å². The molecule has 0 aliphatic carbocycles. The monoisotopic (exact) mass is 412 g/mol. The van der Waals surface area contributed by atoms with E-state index in [9.17, 15) is 9.59 Å². The van der Waals surface area contributed by atoms with Gasteiger partial charge in [-0.2, -0.15) is 0 Å². The minimum Gasteiger partial charge on any atom is -0.496 e. The van der Waals surface area contributed by atoms with Gasteiger partial charge in [-0.25, -0.2) is 0 Å². The van der Waals surface area contributed by atoms with Crippen molar-refractivity contribution in [3.05, 3.63) is 59.2 Å². The van der Waals surface area contributed by atoms with Crippen LogP contribution in [0.25, 0.3) is 0 Å². The van der Waals surface area contributed by atoms with Crippen LogP contribution in [0.1, 0.15) is 21.5 Å². The number of piperazine rings is 1. The Bertz CT molecular complexity index is 875. The van der Waals surface area contributed by atoms with Gasteiger partial charge in [-0.15, -0.1) is 0 Å². The first-order valence-electron chi connectivity index (χ1n) is 10.4. The maximum atomic E-state index is 12.4. The van der Waals surface area contributed by atoms with Gasteiger partial charge in [0.2, 0.25) is 0 Å². The molecular weight excluding hydrogens is 380 g/mol. The molecule has 2 aromatic carbocycles. The second kappa shape index (κ2) is 10.2. The second-order valence-corrected chi connectivity index (χ2v) is 7.87. The van der Waals surface area contributed by atoms with Crippen LogP contribution in [0.4, 0.5) is 5.69 Å². The molecule has 1 fully saturated rings. The number of nitrogens with one attached hydrogen (secondary N) is 4. The number of methoxy groups -OCH3 is 1. The van der Waals surface area contributed by atoms with Crippen LogP contribution >= 0.6 is 0 Å². The van der Waals surface area contributed by atoms with Crippen LogP contribution in [0.2, 0.25) is 0 Å². The van der Waals surface area contributed by atoms with E-state index in [0.29, 0.717) is 17.8 Å². The predicted molar refractivity (Wildman–Crippen MR) is 116 cm³/mol. The van der Waals surface area contributed by atoms with Crippen LogP contribution in [0, 0.1) is 6.92 Å². The smallest absolute Gasteiger partial charge is 0.279 e. The fraction of sp³-hybridized carbons (Fsp3) is 0.391. The van der Waals surface area contributed by atoms with Gasteiger partial charge in [-0.3, -0.25) is 9.59 Å². The molecule has 1 saturated heterocycles.